The van der Waals surface area contributed by atoms with Crippen LogP contribution in [0.1, 0.15) is 24.5 Å². The van der Waals surface area contributed by atoms with E-state index in [2.05, 4.69) is 12.1 Å². The molecule has 3 heteroatoms. The number of rotatable bonds is 8. The number of methoxy groups -OCH3 is 1. The predicted octanol–water partition coefficient (Wildman–Crippen LogP) is 2.13. The van der Waals surface area contributed by atoms with E-state index in [1.165, 1.54) is 5.56 Å². The first-order valence-electron chi connectivity index (χ1n) is 5.74. The summed E-state index contributed by atoms with van der Waals surface area (Å²) in [5.41, 5.74) is 6.74. The Kier molecular flexibility index (Phi) is 6.81. The monoisotopic (exact) mass is 223 g/mol. The van der Waals surface area contributed by atoms with Crippen LogP contribution in [0, 0.1) is 0 Å². The molecule has 1 unspecified atom stereocenters. The molecule has 3 nitrogen and oxygen atoms in total. The second-order valence-corrected chi connectivity index (χ2v) is 3.69. The van der Waals surface area contributed by atoms with Crippen molar-refractivity contribution >= 4 is 0 Å². The molecule has 90 valence electrons. The van der Waals surface area contributed by atoms with Crippen LogP contribution in [0.4, 0.5) is 0 Å². The topological polar surface area (TPSA) is 44.5 Å². The quantitative estimate of drug-likeness (QED) is 0.687. The highest BCUT2D eigenvalue weighted by Crippen LogP contribution is 2.21. The highest BCUT2D eigenvalue weighted by Gasteiger charge is 2.10. The number of benzene rings is 1. The van der Waals surface area contributed by atoms with Crippen molar-refractivity contribution in [3.63, 3.8) is 0 Å². The number of hydrogen-bond donors (Lipinski definition) is 1. The lowest BCUT2D eigenvalue weighted by Gasteiger charge is -2.17. The summed E-state index contributed by atoms with van der Waals surface area (Å²) in [6.07, 6.45) is 2.08. The van der Waals surface area contributed by atoms with E-state index in [9.17, 15) is 0 Å². The first-order chi connectivity index (χ1) is 7.88. The van der Waals surface area contributed by atoms with Gasteiger partial charge in [0.1, 0.15) is 0 Å². The zero-order chi connectivity index (χ0) is 11.6. The molecule has 16 heavy (non-hydrogen) atoms. The van der Waals surface area contributed by atoms with Gasteiger partial charge < -0.3 is 15.2 Å². The lowest BCUT2D eigenvalue weighted by Crippen LogP contribution is -2.11. The second-order valence-electron chi connectivity index (χ2n) is 3.69. The largest absolute Gasteiger partial charge is 0.382 e. The van der Waals surface area contributed by atoms with Gasteiger partial charge in [0.05, 0.1) is 19.3 Å². The zero-order valence-electron chi connectivity index (χ0n) is 9.89. The Hall–Kier alpha value is -0.900. The van der Waals surface area contributed by atoms with Gasteiger partial charge in [-0.3, -0.25) is 0 Å². The van der Waals surface area contributed by atoms with Crippen LogP contribution in [0.3, 0.4) is 0 Å². The van der Waals surface area contributed by atoms with Gasteiger partial charge in [-0.15, -0.1) is 0 Å². The van der Waals surface area contributed by atoms with E-state index in [0.29, 0.717) is 19.8 Å². The maximum atomic E-state index is 5.79. The molecule has 0 amide bonds. The fourth-order valence-electron chi connectivity index (χ4n) is 1.59. The van der Waals surface area contributed by atoms with E-state index < -0.39 is 0 Å². The lowest BCUT2D eigenvalue weighted by molar-refractivity contribution is 0.0115. The van der Waals surface area contributed by atoms with E-state index in [0.717, 1.165) is 12.8 Å². The number of nitrogens with two attached hydrogens (primary N) is 1. The van der Waals surface area contributed by atoms with Crippen LogP contribution in [-0.4, -0.2) is 26.9 Å². The predicted molar refractivity (Wildman–Crippen MR) is 65.3 cm³/mol. The van der Waals surface area contributed by atoms with Gasteiger partial charge in [-0.25, -0.2) is 0 Å². The van der Waals surface area contributed by atoms with Crippen LogP contribution in [-0.2, 0) is 9.47 Å². The standard InChI is InChI=1S/C13H21NO2/c1-15-10-11-16-13(8-5-9-14)12-6-3-2-4-7-12/h2-4,6-7,13H,5,8-11,14H2,1H3. The van der Waals surface area contributed by atoms with Gasteiger partial charge >= 0.3 is 0 Å². The molecular formula is C13H21NO2. The Morgan fingerprint density at radius 3 is 2.56 bits per heavy atom. The van der Waals surface area contributed by atoms with E-state index in [1.807, 2.05) is 18.2 Å². The summed E-state index contributed by atoms with van der Waals surface area (Å²) in [4.78, 5) is 0. The van der Waals surface area contributed by atoms with E-state index in [1.54, 1.807) is 7.11 Å². The van der Waals surface area contributed by atoms with Gasteiger partial charge in [0, 0.05) is 7.11 Å². The van der Waals surface area contributed by atoms with Gasteiger partial charge in [0.25, 0.3) is 0 Å². The molecule has 1 atom stereocenters. The average molecular weight is 223 g/mol. The van der Waals surface area contributed by atoms with Crippen LogP contribution < -0.4 is 5.73 Å². The summed E-state index contributed by atoms with van der Waals surface area (Å²) in [6, 6.07) is 10.3. The molecule has 1 aromatic carbocycles. The summed E-state index contributed by atoms with van der Waals surface area (Å²) in [5, 5.41) is 0. The molecular weight excluding hydrogens is 202 g/mol. The minimum Gasteiger partial charge on any atom is -0.382 e. The Balaban J connectivity index is 2.49. The number of ether oxygens (including phenoxy) is 2. The first-order valence-corrected chi connectivity index (χ1v) is 5.74. The molecule has 0 aliphatic carbocycles. The van der Waals surface area contributed by atoms with Crippen LogP contribution in [0.5, 0.6) is 0 Å². The van der Waals surface area contributed by atoms with Gasteiger partial charge in [0.15, 0.2) is 0 Å². The first kappa shape index (κ1) is 13.2. The third kappa shape index (κ3) is 4.75. The van der Waals surface area contributed by atoms with Gasteiger partial charge in [0.2, 0.25) is 0 Å². The minimum absolute atomic E-state index is 0.139. The maximum Gasteiger partial charge on any atom is 0.0826 e. The van der Waals surface area contributed by atoms with Crippen molar-refractivity contribution in [1.82, 2.24) is 0 Å². The molecule has 0 radical (unpaired) electrons. The summed E-state index contributed by atoms with van der Waals surface area (Å²) in [5.74, 6) is 0. The highest BCUT2D eigenvalue weighted by molar-refractivity contribution is 5.17. The van der Waals surface area contributed by atoms with Gasteiger partial charge in [-0.05, 0) is 24.9 Å². The fraction of sp³-hybridized carbons (Fsp3) is 0.538. The molecule has 1 rings (SSSR count). The summed E-state index contributed by atoms with van der Waals surface area (Å²) in [7, 11) is 1.68. The molecule has 1 aromatic rings. The molecule has 0 saturated carbocycles. The van der Waals surface area contributed by atoms with Crippen molar-refractivity contribution in [2.45, 2.75) is 18.9 Å². The average Bonchev–Trinajstić information content (AvgIpc) is 2.35. The van der Waals surface area contributed by atoms with Crippen molar-refractivity contribution in [2.75, 3.05) is 26.9 Å². The Morgan fingerprint density at radius 1 is 1.19 bits per heavy atom. The van der Waals surface area contributed by atoms with E-state index >= 15 is 0 Å². The Labute approximate surface area is 97.6 Å². The molecule has 0 saturated heterocycles. The minimum atomic E-state index is 0.139. The fourth-order valence-corrected chi connectivity index (χ4v) is 1.59. The second kappa shape index (κ2) is 8.28. The number of hydrogen-bond acceptors (Lipinski definition) is 3. The molecule has 2 N–H and O–H groups in total. The molecule has 0 aliphatic heterocycles. The summed E-state index contributed by atoms with van der Waals surface area (Å²) >= 11 is 0. The van der Waals surface area contributed by atoms with E-state index in [-0.39, 0.29) is 6.10 Å². The summed E-state index contributed by atoms with van der Waals surface area (Å²) in [6.45, 7) is 1.96. The third-order valence-electron chi connectivity index (χ3n) is 2.45. The molecule has 0 bridgehead atoms. The molecule has 0 aliphatic rings. The van der Waals surface area contributed by atoms with Crippen LogP contribution >= 0.6 is 0 Å². The Morgan fingerprint density at radius 2 is 1.94 bits per heavy atom. The molecule has 0 heterocycles. The van der Waals surface area contributed by atoms with Crippen molar-refractivity contribution in [1.29, 1.82) is 0 Å². The lowest BCUT2D eigenvalue weighted by atomic mass is 10.0. The summed E-state index contributed by atoms with van der Waals surface area (Å²) < 4.78 is 10.8. The van der Waals surface area contributed by atoms with Crippen molar-refractivity contribution in [3.05, 3.63) is 35.9 Å². The van der Waals surface area contributed by atoms with Crippen LogP contribution in [0.25, 0.3) is 0 Å². The zero-order valence-corrected chi connectivity index (χ0v) is 9.89. The van der Waals surface area contributed by atoms with Crippen molar-refractivity contribution in [3.8, 4) is 0 Å². The van der Waals surface area contributed by atoms with Gasteiger partial charge in [-0.1, -0.05) is 30.3 Å². The maximum absolute atomic E-state index is 5.79. The molecule has 0 fully saturated rings. The van der Waals surface area contributed by atoms with E-state index in [4.69, 9.17) is 15.2 Å². The van der Waals surface area contributed by atoms with Crippen molar-refractivity contribution < 1.29 is 9.47 Å². The molecule has 0 aromatic heterocycles. The van der Waals surface area contributed by atoms with Crippen molar-refractivity contribution in [2.24, 2.45) is 5.73 Å². The smallest absolute Gasteiger partial charge is 0.0826 e. The normalized spacial score (nSPS) is 12.6. The molecule has 0 spiro atoms. The SMILES string of the molecule is COCCOC(CCCN)c1ccccc1. The third-order valence-corrected chi connectivity index (χ3v) is 2.45. The van der Waals surface area contributed by atoms with Crippen LogP contribution in [0.15, 0.2) is 30.3 Å². The highest BCUT2D eigenvalue weighted by atomic mass is 16.5. The Bertz CT molecular complexity index is 264. The van der Waals surface area contributed by atoms with Gasteiger partial charge in [-0.2, -0.15) is 0 Å². The van der Waals surface area contributed by atoms with Crippen LogP contribution in [0.2, 0.25) is 0 Å².